The van der Waals surface area contributed by atoms with Crippen molar-refractivity contribution in [2.75, 3.05) is 0 Å². The van der Waals surface area contributed by atoms with Gasteiger partial charge >= 0.3 is 0 Å². The maximum absolute atomic E-state index is 7.98. The molecule has 0 heterocycles. The van der Waals surface area contributed by atoms with Crippen LogP contribution in [-0.4, -0.2) is 0 Å². The third kappa shape index (κ3) is 2.77. The average molecular weight is 125 g/mol. The largest absolute Gasteiger partial charge is 0.0933 e. The van der Waals surface area contributed by atoms with Gasteiger partial charge in [-0.2, -0.15) is 0 Å². The molecule has 0 aliphatic rings. The van der Waals surface area contributed by atoms with Crippen molar-refractivity contribution in [3.05, 3.63) is 22.7 Å². The lowest BCUT2D eigenvalue weighted by molar-refractivity contribution is 0.649. The highest BCUT2D eigenvalue weighted by atomic mass is 15.1. The summed E-state index contributed by atoms with van der Waals surface area (Å²) >= 11 is 0. The van der Waals surface area contributed by atoms with Crippen LogP contribution < -0.4 is 0 Å². The number of rotatable bonds is 3. The molecule has 0 saturated heterocycles. The molecule has 0 fully saturated rings. The average Bonchev–Trinajstić information content (AvgIpc) is 1.87. The Morgan fingerprint density at radius 1 is 1.89 bits per heavy atom. The van der Waals surface area contributed by atoms with E-state index < -0.39 is 0 Å². The highest BCUT2D eigenvalue weighted by molar-refractivity contribution is 4.95. The first-order chi connectivity index (χ1) is 4.22. The summed E-state index contributed by atoms with van der Waals surface area (Å²) in [4.78, 5) is 2.63. The van der Waals surface area contributed by atoms with Gasteiger partial charge in [-0.3, -0.25) is 0 Å². The lowest BCUT2D eigenvalue weighted by Crippen LogP contribution is -1.91. The van der Waals surface area contributed by atoms with Crippen LogP contribution in [0.1, 0.15) is 20.3 Å². The van der Waals surface area contributed by atoms with E-state index in [0.29, 0.717) is 11.6 Å². The van der Waals surface area contributed by atoms with Gasteiger partial charge in [0.25, 0.3) is 0 Å². The summed E-state index contributed by atoms with van der Waals surface area (Å²) in [6.07, 6.45) is 0.970. The van der Waals surface area contributed by atoms with Gasteiger partial charge in [0.05, 0.1) is 0 Å². The second-order valence-electron chi connectivity index (χ2n) is 1.99. The molecule has 9 heavy (non-hydrogen) atoms. The highest BCUT2D eigenvalue weighted by Gasteiger charge is 1.99. The van der Waals surface area contributed by atoms with E-state index in [4.69, 9.17) is 5.53 Å². The van der Waals surface area contributed by atoms with Crippen molar-refractivity contribution in [1.29, 1.82) is 0 Å². The quantitative estimate of drug-likeness (QED) is 0.316. The molecule has 0 amide bonds. The van der Waals surface area contributed by atoms with E-state index >= 15 is 0 Å². The molecule has 0 aliphatic carbocycles. The zero-order chi connectivity index (χ0) is 7.28. The fraction of sp³-hybridized carbons (Fsp3) is 0.667. The first kappa shape index (κ1) is 8.05. The van der Waals surface area contributed by atoms with E-state index in [9.17, 15) is 0 Å². The molecule has 0 spiro atoms. The summed E-state index contributed by atoms with van der Waals surface area (Å²) < 4.78 is 0. The van der Waals surface area contributed by atoms with Gasteiger partial charge in [-0.25, -0.2) is 0 Å². The van der Waals surface area contributed by atoms with Crippen LogP contribution >= 0.6 is 0 Å². The van der Waals surface area contributed by atoms with Crippen LogP contribution in [0.15, 0.2) is 17.4 Å². The second kappa shape index (κ2) is 3.98. The van der Waals surface area contributed by atoms with Crippen LogP contribution in [0, 0.1) is 5.92 Å². The molecule has 0 saturated carbocycles. The van der Waals surface area contributed by atoms with Gasteiger partial charge in [0.15, 0.2) is 0 Å². The summed E-state index contributed by atoms with van der Waals surface area (Å²) in [5.41, 5.74) is 8.60. The van der Waals surface area contributed by atoms with E-state index in [1.54, 1.807) is 0 Å². The molecular weight excluding hydrogens is 114 g/mol. The predicted molar refractivity (Wildman–Crippen MR) is 37.7 cm³/mol. The van der Waals surface area contributed by atoms with Gasteiger partial charge in [-0.05, 0) is 17.9 Å². The van der Waals surface area contributed by atoms with E-state index in [1.165, 1.54) is 0 Å². The Bertz CT molecular complexity index is 144. The van der Waals surface area contributed by atoms with Crippen molar-refractivity contribution >= 4 is 0 Å². The van der Waals surface area contributed by atoms with Crippen molar-refractivity contribution in [1.82, 2.24) is 0 Å². The summed E-state index contributed by atoms with van der Waals surface area (Å²) in [6.45, 7) is 7.61. The number of hydrogen-bond acceptors (Lipinski definition) is 1. The van der Waals surface area contributed by atoms with Crippen LogP contribution in [0.3, 0.4) is 0 Å². The van der Waals surface area contributed by atoms with Gasteiger partial charge in [-0.1, -0.05) is 25.5 Å². The smallest absolute Gasteiger partial charge is 0.0107 e. The summed E-state index contributed by atoms with van der Waals surface area (Å²) in [6, 6.07) is 0. The van der Waals surface area contributed by atoms with E-state index in [2.05, 4.69) is 16.6 Å². The monoisotopic (exact) mass is 125 g/mol. The van der Waals surface area contributed by atoms with E-state index in [0.717, 1.165) is 6.42 Å². The first-order valence-electron chi connectivity index (χ1n) is 2.96. The molecule has 0 N–H and O–H groups in total. The molecule has 0 aromatic rings. The number of azide groups is 1. The molecule has 3 nitrogen and oxygen atoms in total. The molecule has 0 aromatic carbocycles. The summed E-state index contributed by atoms with van der Waals surface area (Å²) in [7, 11) is 0. The van der Waals surface area contributed by atoms with Crippen molar-refractivity contribution < 1.29 is 0 Å². The fourth-order valence-electron chi connectivity index (χ4n) is 0.392. The van der Waals surface area contributed by atoms with Gasteiger partial charge in [0, 0.05) is 10.6 Å². The molecule has 0 aromatic heterocycles. The molecule has 1 atom stereocenters. The Balaban J connectivity index is 3.87. The minimum atomic E-state index is 0.306. The Kier molecular flexibility index (Phi) is 3.56. The molecule has 0 bridgehead atoms. The number of nitrogens with zero attached hydrogens (tertiary/aromatic N) is 3. The Hall–Kier alpha value is -0.950. The number of hydrogen-bond donors (Lipinski definition) is 0. The fourth-order valence-corrected chi connectivity index (χ4v) is 0.392. The normalized spacial score (nSPS) is 11.8. The van der Waals surface area contributed by atoms with Crippen molar-refractivity contribution in [3.8, 4) is 0 Å². The molecule has 0 rings (SSSR count). The predicted octanol–water partition coefficient (Wildman–Crippen LogP) is 2.86. The van der Waals surface area contributed by atoms with Crippen molar-refractivity contribution in [3.63, 3.8) is 0 Å². The lowest BCUT2D eigenvalue weighted by Gasteiger charge is -2.03. The van der Waals surface area contributed by atoms with Crippen molar-refractivity contribution in [2.45, 2.75) is 20.3 Å². The minimum Gasteiger partial charge on any atom is -0.0933 e. The number of allylic oxidation sites excluding steroid dienone is 1. The van der Waals surface area contributed by atoms with Crippen LogP contribution in [0.2, 0.25) is 0 Å². The molecule has 0 radical (unpaired) electrons. The summed E-state index contributed by atoms with van der Waals surface area (Å²) in [5.74, 6) is 0.306. The van der Waals surface area contributed by atoms with E-state index in [1.807, 2.05) is 13.8 Å². The maximum atomic E-state index is 7.98. The highest BCUT2D eigenvalue weighted by Crippen LogP contribution is 2.12. The Morgan fingerprint density at radius 3 is 2.78 bits per heavy atom. The second-order valence-corrected chi connectivity index (χ2v) is 1.99. The van der Waals surface area contributed by atoms with E-state index in [-0.39, 0.29) is 0 Å². The Morgan fingerprint density at radius 2 is 2.44 bits per heavy atom. The third-order valence-corrected chi connectivity index (χ3v) is 1.35. The van der Waals surface area contributed by atoms with Gasteiger partial charge in [0.2, 0.25) is 0 Å². The third-order valence-electron chi connectivity index (χ3n) is 1.35. The minimum absolute atomic E-state index is 0.306. The van der Waals surface area contributed by atoms with Crippen LogP contribution in [0.4, 0.5) is 0 Å². The zero-order valence-corrected chi connectivity index (χ0v) is 5.83. The lowest BCUT2D eigenvalue weighted by atomic mass is 10.1. The molecule has 50 valence electrons. The van der Waals surface area contributed by atoms with Gasteiger partial charge < -0.3 is 0 Å². The Labute approximate surface area is 55.0 Å². The molecule has 0 aliphatic heterocycles. The van der Waals surface area contributed by atoms with Crippen LogP contribution in [0.25, 0.3) is 10.4 Å². The zero-order valence-electron chi connectivity index (χ0n) is 5.83. The first-order valence-corrected chi connectivity index (χ1v) is 2.96. The van der Waals surface area contributed by atoms with Crippen molar-refractivity contribution in [2.24, 2.45) is 11.0 Å². The van der Waals surface area contributed by atoms with Gasteiger partial charge in [0.1, 0.15) is 0 Å². The van der Waals surface area contributed by atoms with Crippen LogP contribution in [0.5, 0.6) is 0 Å². The maximum Gasteiger partial charge on any atom is 0.0107 e. The molecular formula is C6H11N3. The molecule has 1 unspecified atom stereocenters. The van der Waals surface area contributed by atoms with Crippen LogP contribution in [-0.2, 0) is 0 Å². The molecule has 3 heteroatoms. The standard InChI is InChI=1S/C6H11N3/c1-4-5(2)6(3)8-9-7/h5H,3-4H2,1-2H3. The topological polar surface area (TPSA) is 48.8 Å². The van der Waals surface area contributed by atoms with Gasteiger partial charge in [-0.15, -0.1) is 0 Å². The summed E-state index contributed by atoms with van der Waals surface area (Å²) in [5, 5.41) is 3.38. The SMILES string of the molecule is C=C(N=[N+]=[N-])C(C)CC.